The second-order valence-electron chi connectivity index (χ2n) is 6.82. The minimum absolute atomic E-state index is 0.225. The summed E-state index contributed by atoms with van der Waals surface area (Å²) < 4.78 is 6.17. The number of rotatable bonds is 6. The molecule has 1 fully saturated rings. The average Bonchev–Trinajstić information content (AvgIpc) is 2.98. The molecule has 1 amide bonds. The molecule has 3 rings (SSSR count). The first-order valence-corrected chi connectivity index (χ1v) is 9.58. The van der Waals surface area contributed by atoms with Gasteiger partial charge in [0.2, 0.25) is 0 Å². The van der Waals surface area contributed by atoms with Gasteiger partial charge in [0.25, 0.3) is 11.5 Å². The Hall–Kier alpha value is -3.09. The lowest BCUT2D eigenvalue weighted by atomic mass is 10.2. The molecular formula is C21H25N3O4. The van der Waals surface area contributed by atoms with Crippen molar-refractivity contribution in [2.45, 2.75) is 32.2 Å². The molecule has 0 radical (unpaired) electrons. The fourth-order valence-electron chi connectivity index (χ4n) is 3.20. The summed E-state index contributed by atoms with van der Waals surface area (Å²) >= 11 is 0. The number of hydrogen-bond donors (Lipinski definition) is 1. The van der Waals surface area contributed by atoms with Crippen LogP contribution in [0.2, 0.25) is 0 Å². The Morgan fingerprint density at radius 2 is 1.68 bits per heavy atom. The van der Waals surface area contributed by atoms with Gasteiger partial charge in [0, 0.05) is 36.7 Å². The van der Waals surface area contributed by atoms with Crippen molar-refractivity contribution in [2.24, 2.45) is 0 Å². The van der Waals surface area contributed by atoms with Gasteiger partial charge in [-0.3, -0.25) is 14.4 Å². The summed E-state index contributed by atoms with van der Waals surface area (Å²) in [5.41, 5.74) is 1.51. The van der Waals surface area contributed by atoms with Gasteiger partial charge in [-0.25, -0.2) is 0 Å². The summed E-state index contributed by atoms with van der Waals surface area (Å²) in [6.45, 7) is 1.50. The van der Waals surface area contributed by atoms with E-state index in [1.54, 1.807) is 12.1 Å². The van der Waals surface area contributed by atoms with Gasteiger partial charge < -0.3 is 19.5 Å². The highest BCUT2D eigenvalue weighted by atomic mass is 16.5. The number of anilines is 2. The summed E-state index contributed by atoms with van der Waals surface area (Å²) in [5, 5.41) is 2.71. The third-order valence-electron chi connectivity index (χ3n) is 4.68. The van der Waals surface area contributed by atoms with Crippen molar-refractivity contribution in [3.05, 3.63) is 59.0 Å². The van der Waals surface area contributed by atoms with Crippen molar-refractivity contribution in [1.29, 1.82) is 0 Å². The maximum atomic E-state index is 12.0. The number of ether oxygens (including phenoxy) is 1. The molecule has 0 spiro atoms. The molecule has 1 aromatic carbocycles. The number of hydrogen-bond acceptors (Lipinski definition) is 5. The van der Waals surface area contributed by atoms with E-state index in [9.17, 15) is 14.4 Å². The number of benzene rings is 1. The SMILES string of the molecule is O=C(COC(=O)Cn1ccccc1=O)Nc1ccc(N2CCCCCC2)cc1. The van der Waals surface area contributed by atoms with Crippen LogP contribution in [0.5, 0.6) is 0 Å². The predicted octanol–water partition coefficient (Wildman–Crippen LogP) is 2.41. The van der Waals surface area contributed by atoms with E-state index in [-0.39, 0.29) is 12.1 Å². The van der Waals surface area contributed by atoms with E-state index < -0.39 is 18.5 Å². The van der Waals surface area contributed by atoms with Crippen LogP contribution in [0.15, 0.2) is 53.5 Å². The normalized spacial score (nSPS) is 14.2. The molecule has 1 aliphatic heterocycles. The van der Waals surface area contributed by atoms with Crippen LogP contribution < -0.4 is 15.8 Å². The van der Waals surface area contributed by atoms with Crippen molar-refractivity contribution in [1.82, 2.24) is 4.57 Å². The van der Waals surface area contributed by atoms with Gasteiger partial charge in [-0.2, -0.15) is 0 Å². The van der Waals surface area contributed by atoms with Crippen LogP contribution >= 0.6 is 0 Å². The summed E-state index contributed by atoms with van der Waals surface area (Å²) in [7, 11) is 0. The van der Waals surface area contributed by atoms with Crippen molar-refractivity contribution < 1.29 is 14.3 Å². The molecule has 1 N–H and O–H groups in total. The van der Waals surface area contributed by atoms with Crippen LogP contribution in [0, 0.1) is 0 Å². The molecule has 0 bridgehead atoms. The molecule has 0 atom stereocenters. The Bertz CT molecular complexity index is 852. The highest BCUT2D eigenvalue weighted by Gasteiger charge is 2.11. The molecule has 0 aliphatic carbocycles. The number of nitrogens with zero attached hydrogens (tertiary/aromatic N) is 2. The summed E-state index contributed by atoms with van der Waals surface area (Å²) in [4.78, 5) is 37.7. The Morgan fingerprint density at radius 1 is 0.964 bits per heavy atom. The number of nitrogens with one attached hydrogen (secondary N) is 1. The first kappa shape index (κ1) is 19.7. The molecule has 148 valence electrons. The highest BCUT2D eigenvalue weighted by Crippen LogP contribution is 2.21. The lowest BCUT2D eigenvalue weighted by Crippen LogP contribution is -2.27. The van der Waals surface area contributed by atoms with E-state index in [2.05, 4.69) is 10.2 Å². The molecule has 2 heterocycles. The zero-order valence-electron chi connectivity index (χ0n) is 15.8. The molecule has 7 nitrogen and oxygen atoms in total. The third kappa shape index (κ3) is 5.70. The van der Waals surface area contributed by atoms with E-state index in [1.165, 1.54) is 42.5 Å². The molecule has 28 heavy (non-hydrogen) atoms. The van der Waals surface area contributed by atoms with Crippen molar-refractivity contribution in [3.63, 3.8) is 0 Å². The molecule has 1 aliphatic rings. The van der Waals surface area contributed by atoms with E-state index in [1.807, 2.05) is 24.3 Å². The number of carbonyl (C=O) groups is 2. The predicted molar refractivity (Wildman–Crippen MR) is 107 cm³/mol. The Labute approximate surface area is 163 Å². The number of pyridine rings is 1. The highest BCUT2D eigenvalue weighted by molar-refractivity contribution is 5.92. The minimum atomic E-state index is -0.639. The average molecular weight is 383 g/mol. The number of amides is 1. The molecule has 1 aromatic heterocycles. The van der Waals surface area contributed by atoms with Crippen LogP contribution in [-0.2, 0) is 20.9 Å². The van der Waals surface area contributed by atoms with Gasteiger partial charge in [-0.1, -0.05) is 18.9 Å². The van der Waals surface area contributed by atoms with Crippen LogP contribution in [0.3, 0.4) is 0 Å². The van der Waals surface area contributed by atoms with E-state index in [4.69, 9.17) is 4.74 Å². The van der Waals surface area contributed by atoms with Gasteiger partial charge in [0.15, 0.2) is 6.61 Å². The van der Waals surface area contributed by atoms with Crippen LogP contribution in [0.4, 0.5) is 11.4 Å². The van der Waals surface area contributed by atoms with E-state index in [0.717, 1.165) is 18.8 Å². The van der Waals surface area contributed by atoms with Gasteiger partial charge in [0.1, 0.15) is 6.54 Å². The summed E-state index contributed by atoms with van der Waals surface area (Å²) in [6.07, 6.45) is 6.47. The Morgan fingerprint density at radius 3 is 2.36 bits per heavy atom. The molecule has 0 unspecified atom stereocenters. The third-order valence-corrected chi connectivity index (χ3v) is 4.68. The lowest BCUT2D eigenvalue weighted by Gasteiger charge is -2.22. The van der Waals surface area contributed by atoms with Gasteiger partial charge in [-0.05, 0) is 43.2 Å². The van der Waals surface area contributed by atoms with E-state index in [0.29, 0.717) is 5.69 Å². The fourth-order valence-corrected chi connectivity index (χ4v) is 3.20. The van der Waals surface area contributed by atoms with Gasteiger partial charge >= 0.3 is 5.97 Å². The van der Waals surface area contributed by atoms with Crippen LogP contribution in [0.25, 0.3) is 0 Å². The summed E-state index contributed by atoms with van der Waals surface area (Å²) in [6, 6.07) is 12.3. The summed E-state index contributed by atoms with van der Waals surface area (Å²) in [5.74, 6) is -1.06. The fraction of sp³-hybridized carbons (Fsp3) is 0.381. The number of carbonyl (C=O) groups excluding carboxylic acids is 2. The zero-order valence-corrected chi connectivity index (χ0v) is 15.8. The molecular weight excluding hydrogens is 358 g/mol. The van der Waals surface area contributed by atoms with Gasteiger partial charge in [0.05, 0.1) is 0 Å². The Balaban J connectivity index is 1.46. The quantitative estimate of drug-likeness (QED) is 0.775. The Kier molecular flexibility index (Phi) is 6.84. The maximum Gasteiger partial charge on any atom is 0.326 e. The first-order valence-electron chi connectivity index (χ1n) is 9.58. The number of aromatic nitrogens is 1. The van der Waals surface area contributed by atoms with Crippen molar-refractivity contribution >= 4 is 23.3 Å². The second-order valence-corrected chi connectivity index (χ2v) is 6.82. The van der Waals surface area contributed by atoms with Crippen molar-refractivity contribution in [2.75, 3.05) is 29.9 Å². The zero-order chi connectivity index (χ0) is 19.8. The maximum absolute atomic E-state index is 12.0. The topological polar surface area (TPSA) is 80.6 Å². The van der Waals surface area contributed by atoms with Crippen LogP contribution in [-0.4, -0.2) is 36.1 Å². The molecule has 7 heteroatoms. The molecule has 1 saturated heterocycles. The largest absolute Gasteiger partial charge is 0.454 e. The smallest absolute Gasteiger partial charge is 0.326 e. The van der Waals surface area contributed by atoms with Crippen LogP contribution in [0.1, 0.15) is 25.7 Å². The standard InChI is InChI=1S/C21H25N3O4/c25-19(16-28-21(27)15-24-14-6-3-7-20(24)26)22-17-8-10-18(11-9-17)23-12-4-1-2-5-13-23/h3,6-11,14H,1-2,4-5,12-13,15-16H2,(H,22,25). The lowest BCUT2D eigenvalue weighted by molar-refractivity contribution is -0.147. The minimum Gasteiger partial charge on any atom is -0.454 e. The monoisotopic (exact) mass is 383 g/mol. The van der Waals surface area contributed by atoms with E-state index >= 15 is 0 Å². The second kappa shape index (κ2) is 9.73. The molecule has 0 saturated carbocycles. The number of esters is 1. The first-order chi connectivity index (χ1) is 13.6. The van der Waals surface area contributed by atoms with Crippen molar-refractivity contribution in [3.8, 4) is 0 Å². The van der Waals surface area contributed by atoms with Gasteiger partial charge in [-0.15, -0.1) is 0 Å². The molecule has 2 aromatic rings.